The zero-order chi connectivity index (χ0) is 16.1. The van der Waals surface area contributed by atoms with Crippen LogP contribution in [0.5, 0.6) is 0 Å². The number of H-pyrrole nitrogens is 1. The van der Waals surface area contributed by atoms with Gasteiger partial charge in [0.25, 0.3) is 0 Å². The summed E-state index contributed by atoms with van der Waals surface area (Å²) in [4.78, 5) is 16.2. The van der Waals surface area contributed by atoms with Gasteiger partial charge in [0, 0.05) is 41.3 Å². The zero-order valence-electron chi connectivity index (χ0n) is 13.5. The third-order valence-electron chi connectivity index (χ3n) is 3.62. The van der Waals surface area contributed by atoms with Gasteiger partial charge in [0.15, 0.2) is 0 Å². The molecule has 5 nitrogen and oxygen atoms in total. The molecule has 0 aliphatic heterocycles. The van der Waals surface area contributed by atoms with Crippen LogP contribution in [0.25, 0.3) is 17.3 Å². The van der Waals surface area contributed by atoms with E-state index in [2.05, 4.69) is 27.4 Å². The lowest BCUT2D eigenvalue weighted by atomic mass is 10.0. The molecule has 0 saturated carbocycles. The van der Waals surface area contributed by atoms with Crippen molar-refractivity contribution in [1.29, 1.82) is 0 Å². The first-order chi connectivity index (χ1) is 10.6. The first-order valence-corrected chi connectivity index (χ1v) is 7.53. The van der Waals surface area contributed by atoms with Gasteiger partial charge in [0.05, 0.1) is 5.69 Å². The van der Waals surface area contributed by atoms with Crippen molar-refractivity contribution in [2.24, 2.45) is 0 Å². The molecule has 0 bridgehead atoms. The van der Waals surface area contributed by atoms with Gasteiger partial charge in [-0.05, 0) is 38.0 Å². The number of aromatic nitrogens is 3. The van der Waals surface area contributed by atoms with Crippen molar-refractivity contribution >= 4 is 12.0 Å². The Kier molecular flexibility index (Phi) is 5.09. The second kappa shape index (κ2) is 7.02. The summed E-state index contributed by atoms with van der Waals surface area (Å²) in [5.74, 6) is -0.0531. The average Bonchev–Trinajstić information content (AvgIpc) is 2.94. The Morgan fingerprint density at radius 2 is 2.18 bits per heavy atom. The van der Waals surface area contributed by atoms with E-state index in [0.29, 0.717) is 6.42 Å². The summed E-state index contributed by atoms with van der Waals surface area (Å²) in [5, 5.41) is 10.2. The molecule has 2 N–H and O–H groups in total. The fourth-order valence-corrected chi connectivity index (χ4v) is 2.39. The van der Waals surface area contributed by atoms with Crippen molar-refractivity contribution in [3.8, 4) is 11.3 Å². The Morgan fingerprint density at radius 3 is 2.77 bits per heavy atom. The number of likely N-dealkylation sites (N-methyl/N-ethyl adjacent to an activating group) is 1. The van der Waals surface area contributed by atoms with Gasteiger partial charge in [-0.3, -0.25) is 14.9 Å². The number of nitrogens with one attached hydrogen (secondary N) is 2. The second-order valence-electron chi connectivity index (χ2n) is 5.11. The fraction of sp³-hybridized carbons (Fsp3) is 0.353. The summed E-state index contributed by atoms with van der Waals surface area (Å²) in [6.07, 6.45) is 5.21. The molecule has 0 radical (unpaired) electrons. The molecule has 0 atom stereocenters. The van der Waals surface area contributed by atoms with E-state index in [1.807, 2.05) is 32.1 Å². The van der Waals surface area contributed by atoms with E-state index < -0.39 is 0 Å². The van der Waals surface area contributed by atoms with Gasteiger partial charge in [-0.25, -0.2) is 0 Å². The van der Waals surface area contributed by atoms with Crippen molar-refractivity contribution in [1.82, 2.24) is 20.5 Å². The summed E-state index contributed by atoms with van der Waals surface area (Å²) in [6.45, 7) is 6.00. The Labute approximate surface area is 130 Å². The minimum absolute atomic E-state index is 0.0531. The Hall–Kier alpha value is -2.43. The average molecular weight is 298 g/mol. The number of hydrogen-bond acceptors (Lipinski definition) is 3. The maximum absolute atomic E-state index is 12.0. The maximum atomic E-state index is 12.0. The predicted octanol–water partition coefficient (Wildman–Crippen LogP) is 2.88. The number of carbonyl (C=O) groups is 1. The highest BCUT2D eigenvalue weighted by atomic mass is 16.1. The van der Waals surface area contributed by atoms with Crippen LogP contribution < -0.4 is 5.32 Å². The summed E-state index contributed by atoms with van der Waals surface area (Å²) in [6, 6.07) is 3.93. The molecule has 2 aromatic heterocycles. The van der Waals surface area contributed by atoms with Crippen LogP contribution in [0.15, 0.2) is 23.9 Å². The van der Waals surface area contributed by atoms with Gasteiger partial charge in [-0.15, -0.1) is 0 Å². The molecule has 0 fully saturated rings. The minimum atomic E-state index is -0.0531. The van der Waals surface area contributed by atoms with Gasteiger partial charge >= 0.3 is 0 Å². The van der Waals surface area contributed by atoms with Crippen LogP contribution in [0.4, 0.5) is 0 Å². The Morgan fingerprint density at radius 1 is 1.41 bits per heavy atom. The number of nitrogens with zero attached hydrogens (tertiary/aromatic N) is 2. The summed E-state index contributed by atoms with van der Waals surface area (Å²) in [5.41, 5.74) is 5.55. The highest BCUT2D eigenvalue weighted by molar-refractivity contribution is 5.98. The van der Waals surface area contributed by atoms with Crippen LogP contribution in [-0.2, 0) is 11.2 Å². The van der Waals surface area contributed by atoms with Crippen LogP contribution in [-0.4, -0.2) is 28.1 Å². The number of hydrogen-bond donors (Lipinski definition) is 2. The lowest BCUT2D eigenvalue weighted by Gasteiger charge is -2.06. The third kappa shape index (κ3) is 3.24. The topological polar surface area (TPSA) is 70.7 Å². The first kappa shape index (κ1) is 15.9. The summed E-state index contributed by atoms with van der Waals surface area (Å²) < 4.78 is 0. The molecule has 0 spiro atoms. The van der Waals surface area contributed by atoms with E-state index in [0.717, 1.165) is 40.2 Å². The third-order valence-corrected chi connectivity index (χ3v) is 3.62. The van der Waals surface area contributed by atoms with Gasteiger partial charge in [0.2, 0.25) is 5.91 Å². The van der Waals surface area contributed by atoms with Crippen molar-refractivity contribution < 1.29 is 4.79 Å². The van der Waals surface area contributed by atoms with E-state index in [9.17, 15) is 4.79 Å². The lowest BCUT2D eigenvalue weighted by molar-refractivity contribution is -0.117. The SMILES string of the molecule is CC/C(=C\c1c(-c2ccnc(C)c2)n[nH]c1CC)C(=O)NC. The van der Waals surface area contributed by atoms with E-state index >= 15 is 0 Å². The molecule has 22 heavy (non-hydrogen) atoms. The van der Waals surface area contributed by atoms with Gasteiger partial charge in [-0.2, -0.15) is 5.10 Å². The molecule has 1 amide bonds. The van der Waals surface area contributed by atoms with Crippen molar-refractivity contribution in [3.05, 3.63) is 40.9 Å². The summed E-state index contributed by atoms with van der Waals surface area (Å²) in [7, 11) is 1.65. The van der Waals surface area contributed by atoms with Gasteiger partial charge in [0.1, 0.15) is 0 Å². The molecule has 0 aromatic carbocycles. The largest absolute Gasteiger partial charge is 0.355 e. The van der Waals surface area contributed by atoms with Gasteiger partial charge < -0.3 is 5.32 Å². The standard InChI is InChI=1S/C17H22N4O/c1-5-12(17(22)18-4)10-14-15(6-2)20-21-16(14)13-7-8-19-11(3)9-13/h7-10H,5-6H2,1-4H3,(H,18,22)(H,20,21)/b12-10+. The molecule has 116 valence electrons. The van der Waals surface area contributed by atoms with Crippen LogP contribution in [0.2, 0.25) is 0 Å². The monoisotopic (exact) mass is 298 g/mol. The molecular weight excluding hydrogens is 276 g/mol. The Balaban J connectivity index is 2.57. The number of rotatable bonds is 5. The molecule has 2 aromatic rings. The number of aromatic amines is 1. The molecular formula is C17H22N4O. The van der Waals surface area contributed by atoms with Crippen LogP contribution in [0, 0.1) is 6.92 Å². The van der Waals surface area contributed by atoms with Crippen LogP contribution >= 0.6 is 0 Å². The van der Waals surface area contributed by atoms with Crippen LogP contribution in [0.1, 0.15) is 37.2 Å². The molecule has 0 aliphatic carbocycles. The van der Waals surface area contributed by atoms with E-state index in [-0.39, 0.29) is 5.91 Å². The quantitative estimate of drug-likeness (QED) is 0.834. The fourth-order valence-electron chi connectivity index (χ4n) is 2.39. The molecule has 2 rings (SSSR count). The molecule has 0 aliphatic rings. The minimum Gasteiger partial charge on any atom is -0.355 e. The molecule has 0 saturated heterocycles. The number of aryl methyl sites for hydroxylation is 2. The predicted molar refractivity (Wildman–Crippen MR) is 88.3 cm³/mol. The van der Waals surface area contributed by atoms with Crippen molar-refractivity contribution in [3.63, 3.8) is 0 Å². The number of carbonyl (C=O) groups excluding carboxylic acids is 1. The molecule has 2 heterocycles. The molecule has 5 heteroatoms. The normalized spacial score (nSPS) is 11.5. The highest BCUT2D eigenvalue weighted by Crippen LogP contribution is 2.27. The highest BCUT2D eigenvalue weighted by Gasteiger charge is 2.15. The van der Waals surface area contributed by atoms with Crippen LogP contribution in [0.3, 0.4) is 0 Å². The second-order valence-corrected chi connectivity index (χ2v) is 5.11. The van der Waals surface area contributed by atoms with E-state index in [1.54, 1.807) is 13.2 Å². The molecule has 0 unspecified atom stereocenters. The summed E-state index contributed by atoms with van der Waals surface area (Å²) >= 11 is 0. The van der Waals surface area contributed by atoms with E-state index in [4.69, 9.17) is 0 Å². The van der Waals surface area contributed by atoms with E-state index in [1.165, 1.54) is 0 Å². The Bertz CT molecular complexity index is 700. The van der Waals surface area contributed by atoms with Crippen molar-refractivity contribution in [2.75, 3.05) is 7.05 Å². The lowest BCUT2D eigenvalue weighted by Crippen LogP contribution is -2.19. The van der Waals surface area contributed by atoms with Crippen molar-refractivity contribution in [2.45, 2.75) is 33.6 Å². The zero-order valence-corrected chi connectivity index (χ0v) is 13.5. The number of pyridine rings is 1. The first-order valence-electron chi connectivity index (χ1n) is 7.53. The maximum Gasteiger partial charge on any atom is 0.246 e. The number of amides is 1. The van der Waals surface area contributed by atoms with Gasteiger partial charge in [-0.1, -0.05) is 13.8 Å². The smallest absolute Gasteiger partial charge is 0.246 e.